The molecule has 0 N–H and O–H groups in total. The van der Waals surface area contributed by atoms with Crippen LogP contribution in [0.25, 0.3) is 0 Å². The molecule has 0 unspecified atom stereocenters. The van der Waals surface area contributed by atoms with E-state index in [0.717, 1.165) is 5.56 Å². The van der Waals surface area contributed by atoms with Gasteiger partial charge in [-0.25, -0.2) is 0 Å². The fourth-order valence-corrected chi connectivity index (χ4v) is 2.73. The number of anilines is 1. The van der Waals surface area contributed by atoms with Gasteiger partial charge >= 0.3 is 0 Å². The molecule has 1 aliphatic heterocycles. The van der Waals surface area contributed by atoms with Gasteiger partial charge in [0.25, 0.3) is 0 Å². The van der Waals surface area contributed by atoms with Crippen LogP contribution in [0.1, 0.15) is 22.3 Å². The molecule has 0 fully saturated rings. The Kier molecular flexibility index (Phi) is 3.76. The molecule has 2 aromatic carbocycles. The first kappa shape index (κ1) is 13.8. The highest BCUT2D eigenvalue weighted by Gasteiger charge is 2.27. The zero-order valence-electron chi connectivity index (χ0n) is 11.4. The van der Waals surface area contributed by atoms with E-state index >= 15 is 0 Å². The van der Waals surface area contributed by atoms with Crippen molar-refractivity contribution in [1.29, 1.82) is 0 Å². The molecule has 0 aliphatic carbocycles. The summed E-state index contributed by atoms with van der Waals surface area (Å²) in [5, 5.41) is 0.513. The largest absolute Gasteiger partial charge is 0.311 e. The van der Waals surface area contributed by atoms with Crippen molar-refractivity contribution < 1.29 is 9.59 Å². The summed E-state index contributed by atoms with van der Waals surface area (Å²) in [5.74, 6) is 0.0357. The predicted octanol–water partition coefficient (Wildman–Crippen LogP) is 3.50. The highest BCUT2D eigenvalue weighted by Crippen LogP contribution is 2.30. The highest BCUT2D eigenvalue weighted by atomic mass is 35.5. The Morgan fingerprint density at radius 3 is 2.67 bits per heavy atom. The molecule has 0 aromatic heterocycles. The lowest BCUT2D eigenvalue weighted by atomic mass is 9.99. The van der Waals surface area contributed by atoms with Crippen molar-refractivity contribution in [2.24, 2.45) is 0 Å². The monoisotopic (exact) mass is 299 g/mol. The molecule has 106 valence electrons. The third-order valence-corrected chi connectivity index (χ3v) is 3.85. The summed E-state index contributed by atoms with van der Waals surface area (Å²) in [6.45, 7) is 0.430. The van der Waals surface area contributed by atoms with E-state index in [4.69, 9.17) is 11.6 Å². The summed E-state index contributed by atoms with van der Waals surface area (Å²) in [6, 6.07) is 14.7. The number of hydrogen-bond donors (Lipinski definition) is 0. The number of Topliss-reactive ketones (excluding diaryl/α,β-unsaturated/α-hetero) is 1. The summed E-state index contributed by atoms with van der Waals surface area (Å²) in [5.41, 5.74) is 2.17. The predicted molar refractivity (Wildman–Crippen MR) is 82.9 cm³/mol. The maximum Gasteiger partial charge on any atom is 0.231 e. The number of hydrogen-bond acceptors (Lipinski definition) is 2. The Hall–Kier alpha value is -2.13. The van der Waals surface area contributed by atoms with Crippen LogP contribution in [0.3, 0.4) is 0 Å². The van der Waals surface area contributed by atoms with Crippen molar-refractivity contribution >= 4 is 29.0 Å². The molecule has 0 saturated carbocycles. The van der Waals surface area contributed by atoms with Crippen LogP contribution >= 0.6 is 11.6 Å². The summed E-state index contributed by atoms with van der Waals surface area (Å²) in [4.78, 5) is 26.2. The summed E-state index contributed by atoms with van der Waals surface area (Å²) < 4.78 is 0. The van der Waals surface area contributed by atoms with Gasteiger partial charge in [0.2, 0.25) is 5.91 Å². The SMILES string of the molecule is O=C1CCN(C(=O)Cc2ccccc2)c2ccc(Cl)cc21. The van der Waals surface area contributed by atoms with Crippen molar-refractivity contribution in [3.8, 4) is 0 Å². The Labute approximate surface area is 128 Å². The van der Waals surface area contributed by atoms with E-state index in [2.05, 4.69) is 0 Å². The van der Waals surface area contributed by atoms with Crippen LogP contribution in [-0.4, -0.2) is 18.2 Å². The first-order valence-electron chi connectivity index (χ1n) is 6.82. The number of fused-ring (bicyclic) bond motifs is 1. The summed E-state index contributed by atoms with van der Waals surface area (Å²) >= 11 is 5.94. The Morgan fingerprint density at radius 1 is 1.14 bits per heavy atom. The topological polar surface area (TPSA) is 37.4 Å². The van der Waals surface area contributed by atoms with Crippen molar-refractivity contribution in [2.75, 3.05) is 11.4 Å². The average molecular weight is 300 g/mol. The van der Waals surface area contributed by atoms with E-state index in [1.165, 1.54) is 0 Å². The highest BCUT2D eigenvalue weighted by molar-refractivity contribution is 6.31. The minimum absolute atomic E-state index is 0.00253. The lowest BCUT2D eigenvalue weighted by molar-refractivity contribution is -0.118. The molecule has 3 rings (SSSR count). The van der Waals surface area contributed by atoms with Crippen LogP contribution in [0.5, 0.6) is 0 Å². The Morgan fingerprint density at radius 2 is 1.90 bits per heavy atom. The fourth-order valence-electron chi connectivity index (χ4n) is 2.56. The molecule has 1 amide bonds. The Bertz CT molecular complexity index is 697. The van der Waals surface area contributed by atoms with Crippen LogP contribution in [0.2, 0.25) is 5.02 Å². The molecule has 0 spiro atoms. The standard InChI is InChI=1S/C17H14ClNO2/c18-13-6-7-15-14(11-13)16(20)8-9-19(15)17(21)10-12-4-2-1-3-5-12/h1-7,11H,8-10H2. The number of carbonyl (C=O) groups is 2. The lowest BCUT2D eigenvalue weighted by Crippen LogP contribution is -2.38. The molecule has 0 saturated heterocycles. The third-order valence-electron chi connectivity index (χ3n) is 3.61. The smallest absolute Gasteiger partial charge is 0.231 e. The molecule has 4 heteroatoms. The molecule has 1 heterocycles. The van der Waals surface area contributed by atoms with Crippen molar-refractivity contribution in [2.45, 2.75) is 12.8 Å². The number of benzene rings is 2. The molecular formula is C17H14ClNO2. The first-order chi connectivity index (χ1) is 10.1. The van der Waals surface area contributed by atoms with Crippen molar-refractivity contribution in [3.63, 3.8) is 0 Å². The zero-order valence-corrected chi connectivity index (χ0v) is 12.1. The number of rotatable bonds is 2. The summed E-state index contributed by atoms with van der Waals surface area (Å²) in [7, 11) is 0. The normalized spacial score (nSPS) is 14.0. The van der Waals surface area contributed by atoms with Gasteiger partial charge < -0.3 is 4.90 Å². The molecule has 0 bridgehead atoms. The molecule has 2 aromatic rings. The average Bonchev–Trinajstić information content (AvgIpc) is 2.49. The molecule has 3 nitrogen and oxygen atoms in total. The fraction of sp³-hybridized carbons (Fsp3) is 0.176. The Balaban J connectivity index is 1.89. The molecular weight excluding hydrogens is 286 g/mol. The van der Waals surface area contributed by atoms with Gasteiger partial charge in [0, 0.05) is 23.6 Å². The second-order valence-electron chi connectivity index (χ2n) is 5.04. The van der Waals surface area contributed by atoms with Crippen LogP contribution in [0.15, 0.2) is 48.5 Å². The molecule has 1 aliphatic rings. The maximum absolute atomic E-state index is 12.5. The quantitative estimate of drug-likeness (QED) is 0.851. The van der Waals surface area contributed by atoms with Gasteiger partial charge in [0.05, 0.1) is 12.1 Å². The van der Waals surface area contributed by atoms with E-state index in [1.54, 1.807) is 23.1 Å². The number of ketones is 1. The minimum atomic E-state index is -0.00253. The number of amides is 1. The number of halogens is 1. The van der Waals surface area contributed by atoms with Gasteiger partial charge in [0.1, 0.15) is 0 Å². The molecule has 0 radical (unpaired) electrons. The first-order valence-corrected chi connectivity index (χ1v) is 7.20. The minimum Gasteiger partial charge on any atom is -0.311 e. The van der Waals surface area contributed by atoms with Crippen LogP contribution in [0, 0.1) is 0 Å². The zero-order chi connectivity index (χ0) is 14.8. The summed E-state index contributed by atoms with van der Waals surface area (Å²) in [6.07, 6.45) is 0.672. The van der Waals surface area contributed by atoms with E-state index in [0.29, 0.717) is 35.7 Å². The second-order valence-corrected chi connectivity index (χ2v) is 5.48. The molecule has 21 heavy (non-hydrogen) atoms. The van der Waals surface area contributed by atoms with E-state index in [1.807, 2.05) is 30.3 Å². The van der Waals surface area contributed by atoms with Gasteiger partial charge in [-0.3, -0.25) is 9.59 Å². The van der Waals surface area contributed by atoms with E-state index in [9.17, 15) is 9.59 Å². The van der Waals surface area contributed by atoms with E-state index < -0.39 is 0 Å². The number of carbonyl (C=O) groups excluding carboxylic acids is 2. The van der Waals surface area contributed by atoms with Crippen LogP contribution in [-0.2, 0) is 11.2 Å². The maximum atomic E-state index is 12.5. The second kappa shape index (κ2) is 5.70. The molecule has 0 atom stereocenters. The van der Waals surface area contributed by atoms with Gasteiger partial charge in [0.15, 0.2) is 5.78 Å². The van der Waals surface area contributed by atoms with Gasteiger partial charge in [-0.05, 0) is 23.8 Å². The van der Waals surface area contributed by atoms with Gasteiger partial charge in [-0.2, -0.15) is 0 Å². The third kappa shape index (κ3) is 2.83. The van der Waals surface area contributed by atoms with E-state index in [-0.39, 0.29) is 11.7 Å². The number of nitrogens with zero attached hydrogens (tertiary/aromatic N) is 1. The van der Waals surface area contributed by atoms with Crippen LogP contribution < -0.4 is 4.90 Å². The van der Waals surface area contributed by atoms with Crippen molar-refractivity contribution in [3.05, 3.63) is 64.7 Å². The lowest BCUT2D eigenvalue weighted by Gasteiger charge is -2.29. The van der Waals surface area contributed by atoms with Gasteiger partial charge in [-0.1, -0.05) is 41.9 Å². The van der Waals surface area contributed by atoms with Crippen LogP contribution in [0.4, 0.5) is 5.69 Å². The van der Waals surface area contributed by atoms with Gasteiger partial charge in [-0.15, -0.1) is 0 Å². The van der Waals surface area contributed by atoms with Crippen molar-refractivity contribution in [1.82, 2.24) is 0 Å².